The number of ether oxygens (including phenoxy) is 1. The number of sulfone groups is 2. The Morgan fingerprint density at radius 1 is 0.727 bits per heavy atom. The summed E-state index contributed by atoms with van der Waals surface area (Å²) >= 11 is 0. The molecule has 0 spiro atoms. The smallest absolute Gasteiger partial charge is 0.421 e. The van der Waals surface area contributed by atoms with Crippen LogP contribution >= 0.6 is 0 Å². The number of amides is 2. The van der Waals surface area contributed by atoms with Gasteiger partial charge in [0, 0.05) is 0 Å². The van der Waals surface area contributed by atoms with Gasteiger partial charge in [0.25, 0.3) is 0 Å². The predicted molar refractivity (Wildman–Crippen MR) is 168 cm³/mol. The fourth-order valence-corrected chi connectivity index (χ4v) is 10.3. The van der Waals surface area contributed by atoms with Gasteiger partial charge in [0.1, 0.15) is 5.60 Å². The van der Waals surface area contributed by atoms with Gasteiger partial charge in [0.15, 0.2) is 24.3 Å². The molecule has 0 aliphatic carbocycles. The van der Waals surface area contributed by atoms with Crippen LogP contribution in [-0.4, -0.2) is 39.0 Å². The molecule has 2 amide bonds. The van der Waals surface area contributed by atoms with Crippen molar-refractivity contribution < 1.29 is 31.2 Å². The average Bonchev–Trinajstić information content (AvgIpc) is 3.23. The highest BCUT2D eigenvalue weighted by Crippen LogP contribution is 2.49. The van der Waals surface area contributed by atoms with Gasteiger partial charge in [-0.1, -0.05) is 84.9 Å². The standard InChI is InChI=1S/C34H33NO7S2/c1-33(2,3)42-32(37)35-29-22-14-13-21-28(29)34(31(35)36,23-25-15-7-4-8-16-25)24-30(43(38,39)26-17-9-5-10-18-26)44(40,41)27-19-11-6-12-20-27/h4-22,30H,23-24H2,1-3H3/t34-/m1/s1. The van der Waals surface area contributed by atoms with Gasteiger partial charge in [0.05, 0.1) is 20.9 Å². The lowest BCUT2D eigenvalue weighted by Crippen LogP contribution is -2.49. The van der Waals surface area contributed by atoms with Gasteiger partial charge in [-0.15, -0.1) is 0 Å². The normalized spacial score (nSPS) is 17.0. The van der Waals surface area contributed by atoms with Crippen LogP contribution in [0.4, 0.5) is 10.5 Å². The molecule has 0 radical (unpaired) electrons. The Hall–Kier alpha value is -4.28. The molecule has 1 aliphatic heterocycles. The van der Waals surface area contributed by atoms with Gasteiger partial charge in [-0.3, -0.25) is 4.79 Å². The highest BCUT2D eigenvalue weighted by Gasteiger charge is 2.58. The van der Waals surface area contributed by atoms with Crippen LogP contribution in [0.5, 0.6) is 0 Å². The Bertz CT molecular complexity index is 1820. The number of carbonyl (C=O) groups is 2. The average molecular weight is 632 g/mol. The lowest BCUT2D eigenvalue weighted by Gasteiger charge is -2.32. The van der Waals surface area contributed by atoms with Crippen LogP contribution in [0.2, 0.25) is 0 Å². The molecule has 4 aromatic rings. The zero-order valence-corrected chi connectivity index (χ0v) is 26.2. The quantitative estimate of drug-likeness (QED) is 0.230. The van der Waals surface area contributed by atoms with E-state index in [0.29, 0.717) is 11.1 Å². The zero-order chi connectivity index (χ0) is 31.8. The van der Waals surface area contributed by atoms with Crippen LogP contribution in [0.1, 0.15) is 38.3 Å². The third-order valence-electron chi connectivity index (χ3n) is 7.55. The van der Waals surface area contributed by atoms with E-state index in [1.165, 1.54) is 48.5 Å². The molecule has 44 heavy (non-hydrogen) atoms. The second kappa shape index (κ2) is 11.7. The van der Waals surface area contributed by atoms with E-state index < -0.39 is 53.7 Å². The number of anilines is 1. The van der Waals surface area contributed by atoms with E-state index in [0.717, 1.165) is 4.90 Å². The highest BCUT2D eigenvalue weighted by molar-refractivity contribution is 8.09. The summed E-state index contributed by atoms with van der Waals surface area (Å²) in [7, 11) is -9.18. The minimum absolute atomic E-state index is 0.0614. The van der Waals surface area contributed by atoms with Crippen LogP contribution < -0.4 is 4.90 Å². The van der Waals surface area contributed by atoms with Crippen molar-refractivity contribution in [2.45, 2.75) is 59.0 Å². The molecule has 0 unspecified atom stereocenters. The highest BCUT2D eigenvalue weighted by atomic mass is 32.3. The number of carbonyl (C=O) groups excluding carboxylic acids is 2. The number of imide groups is 1. The van der Waals surface area contributed by atoms with Crippen LogP contribution in [0, 0.1) is 0 Å². The molecule has 1 atom stereocenters. The molecule has 5 rings (SSSR count). The van der Waals surface area contributed by atoms with Crippen molar-refractivity contribution >= 4 is 37.4 Å². The van der Waals surface area contributed by atoms with E-state index in [1.807, 2.05) is 0 Å². The lowest BCUT2D eigenvalue weighted by atomic mass is 9.74. The van der Waals surface area contributed by atoms with E-state index in [-0.39, 0.29) is 21.9 Å². The number of benzene rings is 4. The third-order valence-corrected chi connectivity index (χ3v) is 12.6. The summed E-state index contributed by atoms with van der Waals surface area (Å²) < 4.78 is 61.0. The maximum atomic E-state index is 14.7. The fourth-order valence-electron chi connectivity index (χ4n) is 5.58. The molecule has 8 nitrogen and oxygen atoms in total. The minimum atomic E-state index is -4.59. The fraction of sp³-hybridized carbons (Fsp3) is 0.235. The van der Waals surface area contributed by atoms with Crippen molar-refractivity contribution in [1.82, 2.24) is 0 Å². The van der Waals surface area contributed by atoms with Gasteiger partial charge >= 0.3 is 6.09 Å². The number of hydrogen-bond acceptors (Lipinski definition) is 7. The SMILES string of the molecule is CC(C)(C)OC(=O)N1C(=O)[C@](Cc2ccccc2)(CC(S(=O)(=O)c2ccccc2)S(=O)(=O)c2ccccc2)c2ccccc21. The van der Waals surface area contributed by atoms with Gasteiger partial charge in [-0.25, -0.2) is 26.5 Å². The zero-order valence-electron chi connectivity index (χ0n) is 24.6. The van der Waals surface area contributed by atoms with E-state index >= 15 is 0 Å². The molecule has 228 valence electrons. The summed E-state index contributed by atoms with van der Waals surface area (Å²) in [6, 6.07) is 30.1. The van der Waals surface area contributed by atoms with Crippen molar-refractivity contribution in [2.75, 3.05) is 4.90 Å². The van der Waals surface area contributed by atoms with Gasteiger partial charge < -0.3 is 4.74 Å². The number of fused-ring (bicyclic) bond motifs is 1. The number of hydrogen-bond donors (Lipinski definition) is 0. The molecular weight excluding hydrogens is 599 g/mol. The number of nitrogens with zero attached hydrogens (tertiary/aromatic N) is 1. The molecule has 0 saturated carbocycles. The first-order valence-electron chi connectivity index (χ1n) is 14.1. The second-order valence-electron chi connectivity index (χ2n) is 11.7. The molecule has 0 fully saturated rings. The molecule has 10 heteroatoms. The lowest BCUT2D eigenvalue weighted by molar-refractivity contribution is -0.123. The van der Waals surface area contributed by atoms with Crippen molar-refractivity contribution in [3.63, 3.8) is 0 Å². The Balaban J connectivity index is 1.77. The summed E-state index contributed by atoms with van der Waals surface area (Å²) in [5, 5.41) is 0. The Morgan fingerprint density at radius 2 is 1.18 bits per heavy atom. The van der Waals surface area contributed by atoms with Crippen molar-refractivity contribution in [1.29, 1.82) is 0 Å². The number of para-hydroxylation sites is 1. The van der Waals surface area contributed by atoms with Crippen molar-refractivity contribution in [3.8, 4) is 0 Å². The van der Waals surface area contributed by atoms with E-state index in [4.69, 9.17) is 4.74 Å². The summed E-state index contributed by atoms with van der Waals surface area (Å²) in [6.07, 6.45) is -1.64. The van der Waals surface area contributed by atoms with Crippen molar-refractivity contribution in [3.05, 3.63) is 126 Å². The van der Waals surface area contributed by atoms with E-state index in [1.54, 1.807) is 87.5 Å². The molecule has 1 aliphatic rings. The molecule has 0 aromatic heterocycles. The van der Waals surface area contributed by atoms with Gasteiger partial charge in [0.2, 0.25) is 5.91 Å². The molecule has 0 saturated heterocycles. The van der Waals surface area contributed by atoms with Crippen molar-refractivity contribution in [2.24, 2.45) is 0 Å². The molecule has 0 bridgehead atoms. The summed E-state index contributed by atoms with van der Waals surface area (Å²) in [5.41, 5.74) is -1.47. The van der Waals surface area contributed by atoms with Crippen LogP contribution in [0.25, 0.3) is 0 Å². The summed E-state index contributed by atoms with van der Waals surface area (Å²) in [5.74, 6) is -0.756. The first-order chi connectivity index (χ1) is 20.8. The second-order valence-corrected chi connectivity index (χ2v) is 16.3. The third kappa shape index (κ3) is 5.79. The summed E-state index contributed by atoms with van der Waals surface area (Å²) in [6.45, 7) is 5.01. The topological polar surface area (TPSA) is 115 Å². The Labute approximate surface area is 258 Å². The van der Waals surface area contributed by atoms with E-state index in [2.05, 4.69) is 0 Å². The monoisotopic (exact) mass is 631 g/mol. The first-order valence-corrected chi connectivity index (χ1v) is 17.2. The Morgan fingerprint density at radius 3 is 1.68 bits per heavy atom. The van der Waals surface area contributed by atoms with Gasteiger partial charge in [-0.2, -0.15) is 0 Å². The summed E-state index contributed by atoms with van der Waals surface area (Å²) in [4.78, 5) is 28.8. The molecular formula is C34H33NO7S2. The first kappa shape index (κ1) is 31.2. The molecule has 4 aromatic carbocycles. The largest absolute Gasteiger partial charge is 0.443 e. The Kier molecular flexibility index (Phi) is 8.26. The van der Waals surface area contributed by atoms with Crippen LogP contribution in [0.15, 0.2) is 125 Å². The molecule has 1 heterocycles. The number of rotatable bonds is 8. The predicted octanol–water partition coefficient (Wildman–Crippen LogP) is 6.11. The van der Waals surface area contributed by atoms with Gasteiger partial charge in [-0.05, 0) is 75.1 Å². The minimum Gasteiger partial charge on any atom is -0.443 e. The van der Waals surface area contributed by atoms with Crippen LogP contribution in [-0.2, 0) is 41.0 Å². The maximum Gasteiger partial charge on any atom is 0.421 e. The van der Waals surface area contributed by atoms with Crippen LogP contribution in [0.3, 0.4) is 0 Å². The maximum absolute atomic E-state index is 14.7. The molecule has 0 N–H and O–H groups in total. The van der Waals surface area contributed by atoms with E-state index in [9.17, 15) is 26.4 Å².